The molecular formula is C15H17ClN2O. The van der Waals surface area contributed by atoms with Crippen molar-refractivity contribution in [2.75, 3.05) is 0 Å². The second kappa shape index (κ2) is 5.57. The lowest BCUT2D eigenvalue weighted by atomic mass is 10.0. The molecule has 0 aliphatic heterocycles. The molecule has 0 spiro atoms. The van der Waals surface area contributed by atoms with Gasteiger partial charge in [-0.25, -0.2) is 0 Å². The Morgan fingerprint density at radius 2 is 2.16 bits per heavy atom. The zero-order valence-electron chi connectivity index (χ0n) is 11.4. The van der Waals surface area contributed by atoms with Crippen molar-refractivity contribution in [3.8, 4) is 0 Å². The lowest BCUT2D eigenvalue weighted by Crippen LogP contribution is -2.09. The molecule has 0 bridgehead atoms. The summed E-state index contributed by atoms with van der Waals surface area (Å²) in [6.07, 6.45) is 1.23. The maximum absolute atomic E-state index is 12.3. The van der Waals surface area contributed by atoms with Gasteiger partial charge in [-0.1, -0.05) is 30.7 Å². The molecule has 100 valence electrons. The van der Waals surface area contributed by atoms with E-state index in [-0.39, 0.29) is 5.78 Å². The van der Waals surface area contributed by atoms with Crippen LogP contribution in [0.4, 0.5) is 0 Å². The minimum absolute atomic E-state index is 0.0747. The molecule has 0 saturated carbocycles. The summed E-state index contributed by atoms with van der Waals surface area (Å²) in [5.74, 6) is 0.0747. The number of hydrogen-bond donors (Lipinski definition) is 0. The van der Waals surface area contributed by atoms with E-state index < -0.39 is 0 Å². The normalized spacial score (nSPS) is 10.7. The smallest absolute Gasteiger partial charge is 0.169 e. The Morgan fingerprint density at radius 3 is 2.79 bits per heavy atom. The van der Waals surface area contributed by atoms with Crippen molar-refractivity contribution in [2.24, 2.45) is 7.05 Å². The summed E-state index contributed by atoms with van der Waals surface area (Å²) in [5.41, 5.74) is 3.47. The van der Waals surface area contributed by atoms with Gasteiger partial charge in [0.15, 0.2) is 5.78 Å². The number of nitrogens with zero attached hydrogens (tertiary/aromatic N) is 2. The molecule has 0 N–H and O–H groups in total. The molecule has 0 aliphatic rings. The van der Waals surface area contributed by atoms with Gasteiger partial charge >= 0.3 is 0 Å². The first-order chi connectivity index (χ1) is 9.02. The molecule has 0 amide bonds. The van der Waals surface area contributed by atoms with Gasteiger partial charge in [0.25, 0.3) is 0 Å². The van der Waals surface area contributed by atoms with Crippen molar-refractivity contribution >= 4 is 17.4 Å². The molecule has 2 rings (SSSR count). The molecular weight excluding hydrogens is 260 g/mol. The number of benzene rings is 1. The highest BCUT2D eigenvalue weighted by molar-refractivity contribution is 6.31. The van der Waals surface area contributed by atoms with E-state index in [4.69, 9.17) is 11.6 Å². The SMILES string of the molecule is CCc1cc(CC(=O)c2cccc(Cl)c2C)n(C)n1. The largest absolute Gasteiger partial charge is 0.294 e. The first-order valence-electron chi connectivity index (χ1n) is 6.33. The fraction of sp³-hybridized carbons (Fsp3) is 0.333. The lowest BCUT2D eigenvalue weighted by Gasteiger charge is -2.06. The molecule has 1 aromatic carbocycles. The van der Waals surface area contributed by atoms with Gasteiger partial charge < -0.3 is 0 Å². The Bertz CT molecular complexity index is 617. The number of carbonyl (C=O) groups is 1. The summed E-state index contributed by atoms with van der Waals surface area (Å²) >= 11 is 6.05. The van der Waals surface area contributed by atoms with Crippen LogP contribution in [0.15, 0.2) is 24.3 Å². The van der Waals surface area contributed by atoms with E-state index in [0.717, 1.165) is 23.4 Å². The van der Waals surface area contributed by atoms with Crippen LogP contribution in [0, 0.1) is 6.92 Å². The van der Waals surface area contributed by atoms with Crippen LogP contribution in [0.25, 0.3) is 0 Å². The molecule has 0 unspecified atom stereocenters. The number of carbonyl (C=O) groups excluding carboxylic acids is 1. The third kappa shape index (κ3) is 2.87. The van der Waals surface area contributed by atoms with E-state index in [1.807, 2.05) is 32.2 Å². The van der Waals surface area contributed by atoms with Crippen LogP contribution in [-0.2, 0) is 19.9 Å². The van der Waals surface area contributed by atoms with E-state index in [0.29, 0.717) is 17.0 Å². The molecule has 0 atom stereocenters. The summed E-state index contributed by atoms with van der Waals surface area (Å²) in [7, 11) is 1.87. The maximum Gasteiger partial charge on any atom is 0.169 e. The third-order valence-electron chi connectivity index (χ3n) is 3.30. The second-order valence-electron chi connectivity index (χ2n) is 4.62. The van der Waals surface area contributed by atoms with Gasteiger partial charge in [0.2, 0.25) is 0 Å². The zero-order valence-corrected chi connectivity index (χ0v) is 12.2. The number of hydrogen-bond acceptors (Lipinski definition) is 2. The number of Topliss-reactive ketones (excluding diaryl/α,β-unsaturated/α-hetero) is 1. The molecule has 1 aromatic heterocycles. The lowest BCUT2D eigenvalue weighted by molar-refractivity contribution is 0.0990. The highest BCUT2D eigenvalue weighted by Crippen LogP contribution is 2.20. The molecule has 0 saturated heterocycles. The van der Waals surface area contributed by atoms with E-state index in [1.165, 1.54) is 0 Å². The highest BCUT2D eigenvalue weighted by atomic mass is 35.5. The Morgan fingerprint density at radius 1 is 1.42 bits per heavy atom. The van der Waals surface area contributed by atoms with Crippen LogP contribution >= 0.6 is 11.6 Å². The molecule has 2 aromatic rings. The summed E-state index contributed by atoms with van der Waals surface area (Å²) < 4.78 is 1.77. The number of rotatable bonds is 4. The van der Waals surface area contributed by atoms with Crippen LogP contribution in [-0.4, -0.2) is 15.6 Å². The average molecular weight is 277 g/mol. The van der Waals surface area contributed by atoms with Crippen molar-refractivity contribution in [1.29, 1.82) is 0 Å². The van der Waals surface area contributed by atoms with E-state index in [9.17, 15) is 4.79 Å². The number of halogens is 1. The Balaban J connectivity index is 2.25. The van der Waals surface area contributed by atoms with Gasteiger partial charge in [0.05, 0.1) is 12.1 Å². The summed E-state index contributed by atoms with van der Waals surface area (Å²) in [6, 6.07) is 7.41. The van der Waals surface area contributed by atoms with Crippen LogP contribution in [0.1, 0.15) is 34.2 Å². The molecule has 4 heteroatoms. The molecule has 1 heterocycles. The van der Waals surface area contributed by atoms with Gasteiger partial charge in [-0.05, 0) is 31.0 Å². The fourth-order valence-electron chi connectivity index (χ4n) is 2.08. The monoisotopic (exact) mass is 276 g/mol. The quantitative estimate of drug-likeness (QED) is 0.803. The van der Waals surface area contributed by atoms with Crippen molar-refractivity contribution in [3.05, 3.63) is 51.8 Å². The molecule has 19 heavy (non-hydrogen) atoms. The van der Waals surface area contributed by atoms with Crippen molar-refractivity contribution < 1.29 is 4.79 Å². The third-order valence-corrected chi connectivity index (χ3v) is 3.71. The van der Waals surface area contributed by atoms with E-state index in [2.05, 4.69) is 12.0 Å². The van der Waals surface area contributed by atoms with Gasteiger partial charge in [0, 0.05) is 23.3 Å². The predicted molar refractivity (Wildman–Crippen MR) is 76.8 cm³/mol. The molecule has 0 fully saturated rings. The topological polar surface area (TPSA) is 34.9 Å². The summed E-state index contributed by atoms with van der Waals surface area (Å²) in [5, 5.41) is 4.98. The minimum Gasteiger partial charge on any atom is -0.294 e. The molecule has 3 nitrogen and oxygen atoms in total. The number of ketones is 1. The first-order valence-corrected chi connectivity index (χ1v) is 6.70. The Hall–Kier alpha value is -1.61. The van der Waals surface area contributed by atoms with Crippen LogP contribution in [0.2, 0.25) is 5.02 Å². The van der Waals surface area contributed by atoms with E-state index >= 15 is 0 Å². The van der Waals surface area contributed by atoms with Crippen LogP contribution < -0.4 is 0 Å². The summed E-state index contributed by atoms with van der Waals surface area (Å²) in [6.45, 7) is 3.92. The first kappa shape index (κ1) is 13.8. The van der Waals surface area contributed by atoms with Gasteiger partial charge in [-0.2, -0.15) is 5.10 Å². The molecule has 0 radical (unpaired) electrons. The zero-order chi connectivity index (χ0) is 14.0. The average Bonchev–Trinajstić information content (AvgIpc) is 2.73. The number of aryl methyl sites for hydroxylation is 2. The molecule has 0 aliphatic carbocycles. The van der Waals surface area contributed by atoms with Crippen molar-refractivity contribution in [3.63, 3.8) is 0 Å². The Kier molecular flexibility index (Phi) is 4.05. The van der Waals surface area contributed by atoms with Crippen molar-refractivity contribution in [1.82, 2.24) is 9.78 Å². The predicted octanol–water partition coefficient (Wildman–Crippen LogP) is 3.37. The minimum atomic E-state index is 0.0747. The summed E-state index contributed by atoms with van der Waals surface area (Å²) in [4.78, 5) is 12.3. The van der Waals surface area contributed by atoms with Gasteiger partial charge in [0.1, 0.15) is 0 Å². The Labute approximate surface area is 118 Å². The second-order valence-corrected chi connectivity index (χ2v) is 5.02. The fourth-order valence-corrected chi connectivity index (χ4v) is 2.25. The van der Waals surface area contributed by atoms with Gasteiger partial charge in [-0.3, -0.25) is 9.48 Å². The van der Waals surface area contributed by atoms with Crippen LogP contribution in [0.3, 0.4) is 0 Å². The maximum atomic E-state index is 12.3. The van der Waals surface area contributed by atoms with Gasteiger partial charge in [-0.15, -0.1) is 0 Å². The standard InChI is InChI=1S/C15H17ClN2O/c1-4-11-8-12(18(3)17-11)9-15(19)13-6-5-7-14(16)10(13)2/h5-8H,4,9H2,1-3H3. The van der Waals surface area contributed by atoms with Crippen molar-refractivity contribution in [2.45, 2.75) is 26.7 Å². The van der Waals surface area contributed by atoms with E-state index in [1.54, 1.807) is 10.7 Å². The van der Waals surface area contributed by atoms with Crippen LogP contribution in [0.5, 0.6) is 0 Å². The number of aromatic nitrogens is 2. The highest BCUT2D eigenvalue weighted by Gasteiger charge is 2.14.